The van der Waals surface area contributed by atoms with E-state index in [-0.39, 0.29) is 13.0 Å². The van der Waals surface area contributed by atoms with Crippen molar-refractivity contribution in [2.24, 2.45) is 0 Å². The van der Waals surface area contributed by atoms with Gasteiger partial charge in [-0.1, -0.05) is 12.1 Å². The minimum atomic E-state index is -4.58. The first-order chi connectivity index (χ1) is 9.36. The van der Waals surface area contributed by atoms with E-state index in [0.717, 1.165) is 12.1 Å². The molecule has 20 heavy (non-hydrogen) atoms. The van der Waals surface area contributed by atoms with Crippen LogP contribution in [0.2, 0.25) is 0 Å². The van der Waals surface area contributed by atoms with Crippen LogP contribution in [0, 0.1) is 0 Å². The number of ether oxygens (including phenoxy) is 1. The molecule has 1 N–H and O–H groups in total. The SMILES string of the molecule is COC(=O)CCCNC(=O)c1ccccc1C(F)(F)F. The number of methoxy groups -OCH3 is 1. The average Bonchev–Trinajstić information content (AvgIpc) is 2.42. The van der Waals surface area contributed by atoms with Gasteiger partial charge in [0.15, 0.2) is 0 Å². The van der Waals surface area contributed by atoms with E-state index in [1.807, 2.05) is 0 Å². The number of rotatable bonds is 5. The van der Waals surface area contributed by atoms with Crippen LogP contribution in [0.4, 0.5) is 13.2 Å². The molecule has 1 rings (SSSR count). The summed E-state index contributed by atoms with van der Waals surface area (Å²) < 4.78 is 42.5. The predicted octanol–water partition coefficient (Wildman–Crippen LogP) is 2.39. The summed E-state index contributed by atoms with van der Waals surface area (Å²) in [5.74, 6) is -1.25. The number of benzene rings is 1. The molecule has 0 unspecified atom stereocenters. The minimum absolute atomic E-state index is 0.0949. The molecule has 4 nitrogen and oxygen atoms in total. The highest BCUT2D eigenvalue weighted by Gasteiger charge is 2.34. The number of halogens is 3. The summed E-state index contributed by atoms with van der Waals surface area (Å²) >= 11 is 0. The Hall–Kier alpha value is -2.05. The van der Waals surface area contributed by atoms with Crippen molar-refractivity contribution in [1.29, 1.82) is 0 Å². The molecule has 1 aromatic carbocycles. The van der Waals surface area contributed by atoms with Gasteiger partial charge in [-0.2, -0.15) is 13.2 Å². The molecule has 0 aromatic heterocycles. The van der Waals surface area contributed by atoms with Gasteiger partial charge in [-0.3, -0.25) is 9.59 Å². The van der Waals surface area contributed by atoms with E-state index in [2.05, 4.69) is 10.1 Å². The highest BCUT2D eigenvalue weighted by Crippen LogP contribution is 2.31. The molecule has 7 heteroatoms. The first-order valence-corrected chi connectivity index (χ1v) is 5.87. The van der Waals surface area contributed by atoms with E-state index in [0.29, 0.717) is 6.42 Å². The van der Waals surface area contributed by atoms with Gasteiger partial charge in [0.25, 0.3) is 5.91 Å². The molecule has 0 aliphatic rings. The summed E-state index contributed by atoms with van der Waals surface area (Å²) in [5, 5.41) is 2.34. The van der Waals surface area contributed by atoms with Gasteiger partial charge in [-0.25, -0.2) is 0 Å². The second-order valence-electron chi connectivity index (χ2n) is 3.98. The van der Waals surface area contributed by atoms with E-state index in [1.54, 1.807) is 0 Å². The van der Waals surface area contributed by atoms with Crippen LogP contribution >= 0.6 is 0 Å². The van der Waals surface area contributed by atoms with E-state index in [9.17, 15) is 22.8 Å². The summed E-state index contributed by atoms with van der Waals surface area (Å²) in [6, 6.07) is 4.54. The lowest BCUT2D eigenvalue weighted by molar-refractivity contribution is -0.140. The lowest BCUT2D eigenvalue weighted by Crippen LogP contribution is -2.27. The number of alkyl halides is 3. The monoisotopic (exact) mass is 289 g/mol. The minimum Gasteiger partial charge on any atom is -0.469 e. The Morgan fingerprint density at radius 2 is 1.90 bits per heavy atom. The number of nitrogens with one attached hydrogen (secondary N) is 1. The molecule has 110 valence electrons. The molecular weight excluding hydrogens is 275 g/mol. The number of carbonyl (C=O) groups is 2. The molecule has 0 heterocycles. The fourth-order valence-electron chi connectivity index (χ4n) is 1.56. The van der Waals surface area contributed by atoms with Crippen molar-refractivity contribution in [3.63, 3.8) is 0 Å². The smallest absolute Gasteiger partial charge is 0.417 e. The van der Waals surface area contributed by atoms with Crippen LogP contribution in [0.1, 0.15) is 28.8 Å². The third-order valence-electron chi connectivity index (χ3n) is 2.55. The van der Waals surface area contributed by atoms with Crippen molar-refractivity contribution >= 4 is 11.9 Å². The number of carbonyl (C=O) groups excluding carboxylic acids is 2. The Morgan fingerprint density at radius 1 is 1.25 bits per heavy atom. The van der Waals surface area contributed by atoms with Gasteiger partial charge < -0.3 is 10.1 Å². The maximum atomic E-state index is 12.7. The van der Waals surface area contributed by atoms with Crippen LogP contribution in [-0.4, -0.2) is 25.5 Å². The van der Waals surface area contributed by atoms with Gasteiger partial charge in [-0.15, -0.1) is 0 Å². The van der Waals surface area contributed by atoms with Crippen molar-refractivity contribution < 1.29 is 27.5 Å². The lowest BCUT2D eigenvalue weighted by Gasteiger charge is -2.12. The molecule has 0 aliphatic carbocycles. The Labute approximate surface area is 113 Å². The van der Waals surface area contributed by atoms with E-state index in [4.69, 9.17) is 0 Å². The van der Waals surface area contributed by atoms with E-state index >= 15 is 0 Å². The molecule has 0 spiro atoms. The quantitative estimate of drug-likeness (QED) is 0.669. The van der Waals surface area contributed by atoms with Crippen molar-refractivity contribution in [3.05, 3.63) is 35.4 Å². The first-order valence-electron chi connectivity index (χ1n) is 5.87. The number of hydrogen-bond donors (Lipinski definition) is 1. The Balaban J connectivity index is 2.62. The van der Waals surface area contributed by atoms with Crippen LogP contribution in [0.5, 0.6) is 0 Å². The predicted molar refractivity (Wildman–Crippen MR) is 65.0 cm³/mol. The third-order valence-corrected chi connectivity index (χ3v) is 2.55. The number of esters is 1. The lowest BCUT2D eigenvalue weighted by atomic mass is 10.1. The summed E-state index contributed by atoms with van der Waals surface area (Å²) in [6.45, 7) is 0.0973. The maximum absolute atomic E-state index is 12.7. The van der Waals surface area contributed by atoms with Crippen molar-refractivity contribution in [2.45, 2.75) is 19.0 Å². The normalized spacial score (nSPS) is 11.0. The van der Waals surface area contributed by atoms with Crippen LogP contribution < -0.4 is 5.32 Å². The maximum Gasteiger partial charge on any atom is 0.417 e. The standard InChI is InChI=1S/C13H14F3NO3/c1-20-11(18)7-4-8-17-12(19)9-5-2-3-6-10(9)13(14,15)16/h2-3,5-6H,4,7-8H2,1H3,(H,17,19). The van der Waals surface area contributed by atoms with Crippen LogP contribution in [0.25, 0.3) is 0 Å². The Kier molecular flexibility index (Phi) is 5.54. The summed E-state index contributed by atoms with van der Waals surface area (Å²) in [5.41, 5.74) is -1.41. The largest absolute Gasteiger partial charge is 0.469 e. The summed E-state index contributed by atoms with van der Waals surface area (Å²) in [4.78, 5) is 22.5. The van der Waals surface area contributed by atoms with Crippen LogP contribution in [0.15, 0.2) is 24.3 Å². The zero-order chi connectivity index (χ0) is 15.2. The highest BCUT2D eigenvalue weighted by atomic mass is 19.4. The molecule has 0 fully saturated rings. The van der Waals surface area contributed by atoms with Gasteiger partial charge >= 0.3 is 12.1 Å². The third kappa shape index (κ3) is 4.56. The Bertz CT molecular complexity index is 486. The fraction of sp³-hybridized carbons (Fsp3) is 0.385. The summed E-state index contributed by atoms with van der Waals surface area (Å²) in [6.07, 6.45) is -4.19. The second kappa shape index (κ2) is 6.93. The second-order valence-corrected chi connectivity index (χ2v) is 3.98. The van der Waals surface area contributed by atoms with Gasteiger partial charge in [-0.05, 0) is 18.6 Å². The zero-order valence-corrected chi connectivity index (χ0v) is 10.8. The fourth-order valence-corrected chi connectivity index (χ4v) is 1.56. The highest BCUT2D eigenvalue weighted by molar-refractivity contribution is 5.95. The molecule has 0 radical (unpaired) electrons. The average molecular weight is 289 g/mol. The van der Waals surface area contributed by atoms with Crippen molar-refractivity contribution in [3.8, 4) is 0 Å². The molecule has 0 aliphatic heterocycles. The number of amides is 1. The molecule has 1 amide bonds. The molecule has 0 bridgehead atoms. The van der Waals surface area contributed by atoms with Crippen LogP contribution in [0.3, 0.4) is 0 Å². The van der Waals surface area contributed by atoms with Crippen molar-refractivity contribution in [1.82, 2.24) is 5.32 Å². The number of hydrogen-bond acceptors (Lipinski definition) is 3. The van der Waals surface area contributed by atoms with Crippen LogP contribution in [-0.2, 0) is 15.7 Å². The molecule has 0 atom stereocenters. The molecular formula is C13H14F3NO3. The Morgan fingerprint density at radius 3 is 2.50 bits per heavy atom. The molecule has 1 aromatic rings. The topological polar surface area (TPSA) is 55.4 Å². The van der Waals surface area contributed by atoms with E-state index < -0.39 is 29.2 Å². The van der Waals surface area contributed by atoms with E-state index in [1.165, 1.54) is 19.2 Å². The summed E-state index contributed by atoms with van der Waals surface area (Å²) in [7, 11) is 1.24. The van der Waals surface area contributed by atoms with Gasteiger partial charge in [0.1, 0.15) is 0 Å². The van der Waals surface area contributed by atoms with Gasteiger partial charge in [0.05, 0.1) is 18.2 Å². The van der Waals surface area contributed by atoms with Gasteiger partial charge in [0.2, 0.25) is 0 Å². The zero-order valence-electron chi connectivity index (χ0n) is 10.8. The molecule has 0 saturated carbocycles. The first kappa shape index (κ1) is 16.0. The van der Waals surface area contributed by atoms with Gasteiger partial charge in [0, 0.05) is 13.0 Å². The van der Waals surface area contributed by atoms with Crippen molar-refractivity contribution in [2.75, 3.05) is 13.7 Å². The molecule has 0 saturated heterocycles.